The van der Waals surface area contributed by atoms with Gasteiger partial charge >= 0.3 is 0 Å². The molecule has 1 aliphatic rings. The smallest absolute Gasteiger partial charge is 0.185 e. The van der Waals surface area contributed by atoms with E-state index in [1.807, 2.05) is 44.2 Å². The maximum absolute atomic E-state index is 8.89. The fourth-order valence-electron chi connectivity index (χ4n) is 1.60. The molecule has 0 radical (unpaired) electrons. The van der Waals surface area contributed by atoms with E-state index in [1.54, 1.807) is 0 Å². The second-order valence-corrected chi connectivity index (χ2v) is 3.65. The van der Waals surface area contributed by atoms with E-state index in [0.717, 1.165) is 5.56 Å². The lowest BCUT2D eigenvalue weighted by molar-refractivity contribution is 0.300. The predicted octanol–water partition coefficient (Wildman–Crippen LogP) is 2.21. The maximum Gasteiger partial charge on any atom is 0.185 e. The van der Waals surface area contributed by atoms with Crippen molar-refractivity contribution in [3.63, 3.8) is 0 Å². The molecule has 0 bridgehead atoms. The maximum atomic E-state index is 8.89. The Balaban J connectivity index is 2.37. The van der Waals surface area contributed by atoms with E-state index in [-0.39, 0.29) is 0 Å². The van der Waals surface area contributed by atoms with Crippen molar-refractivity contribution in [1.29, 1.82) is 5.26 Å². The normalized spacial score (nSPS) is 36.7. The van der Waals surface area contributed by atoms with Gasteiger partial charge in [0.05, 0.1) is 0 Å². The van der Waals surface area contributed by atoms with E-state index < -0.39 is 11.2 Å². The minimum atomic E-state index is -0.644. The minimum absolute atomic E-state index is 0.414. The van der Waals surface area contributed by atoms with Crippen LogP contribution in [-0.2, 0) is 10.3 Å². The number of rotatable bonds is 1. The molecule has 0 aromatic heterocycles. The molecule has 0 saturated carbocycles. The number of benzene rings is 1. The molecule has 66 valence electrons. The summed E-state index contributed by atoms with van der Waals surface area (Å²) in [5, 5.41) is 8.89. The van der Waals surface area contributed by atoms with Crippen LogP contribution >= 0.6 is 0 Å². The van der Waals surface area contributed by atoms with E-state index in [1.165, 1.54) is 0 Å². The van der Waals surface area contributed by atoms with Crippen LogP contribution in [0.3, 0.4) is 0 Å². The third-order valence-corrected chi connectivity index (χ3v) is 2.81. The number of epoxide rings is 1. The molecule has 0 N–H and O–H groups in total. The molecule has 1 heterocycles. The summed E-state index contributed by atoms with van der Waals surface area (Å²) in [5.41, 5.74) is 0.0104. The van der Waals surface area contributed by atoms with Crippen molar-refractivity contribution < 1.29 is 4.74 Å². The number of nitrogens with zero attached hydrogens (tertiary/aromatic N) is 1. The first kappa shape index (κ1) is 8.28. The molecule has 2 atom stereocenters. The van der Waals surface area contributed by atoms with Gasteiger partial charge in [0.15, 0.2) is 5.60 Å². The van der Waals surface area contributed by atoms with Crippen LogP contribution in [0.4, 0.5) is 0 Å². The third-order valence-electron chi connectivity index (χ3n) is 2.81. The van der Waals surface area contributed by atoms with Gasteiger partial charge in [0, 0.05) is 0 Å². The molecule has 0 unspecified atom stereocenters. The summed E-state index contributed by atoms with van der Waals surface area (Å²) in [6, 6.07) is 12.0. The quantitative estimate of drug-likeness (QED) is 0.610. The van der Waals surface area contributed by atoms with Crippen molar-refractivity contribution in [3.05, 3.63) is 35.9 Å². The molecule has 1 aliphatic heterocycles. The highest BCUT2D eigenvalue weighted by Gasteiger charge is 2.65. The van der Waals surface area contributed by atoms with Gasteiger partial charge in [-0.25, -0.2) is 0 Å². The van der Waals surface area contributed by atoms with Crippen LogP contribution in [0.1, 0.15) is 19.4 Å². The summed E-state index contributed by atoms with van der Waals surface area (Å²) in [4.78, 5) is 0. The first-order valence-electron chi connectivity index (χ1n) is 4.29. The van der Waals surface area contributed by atoms with Gasteiger partial charge in [-0.2, -0.15) is 5.26 Å². The van der Waals surface area contributed by atoms with Gasteiger partial charge in [0.1, 0.15) is 11.7 Å². The van der Waals surface area contributed by atoms with Crippen LogP contribution in [0, 0.1) is 11.3 Å². The zero-order chi connectivity index (χ0) is 9.53. The highest BCUT2D eigenvalue weighted by atomic mass is 16.6. The van der Waals surface area contributed by atoms with Gasteiger partial charge in [0.25, 0.3) is 0 Å². The van der Waals surface area contributed by atoms with Crippen molar-refractivity contribution >= 4 is 0 Å². The zero-order valence-corrected chi connectivity index (χ0v) is 7.74. The Morgan fingerprint density at radius 1 is 1.23 bits per heavy atom. The molecule has 1 saturated heterocycles. The van der Waals surface area contributed by atoms with Crippen LogP contribution in [0.15, 0.2) is 30.3 Å². The fourth-order valence-corrected chi connectivity index (χ4v) is 1.60. The Morgan fingerprint density at radius 3 is 2.31 bits per heavy atom. The Hall–Kier alpha value is -1.33. The molecule has 0 spiro atoms. The van der Waals surface area contributed by atoms with Gasteiger partial charge in [-0.05, 0) is 19.4 Å². The minimum Gasteiger partial charge on any atom is -0.342 e. The standard InChI is InChI=1S/C11H11NO/c1-10(8-12)11(2,13-10)9-6-4-3-5-7-9/h3-7H,1-2H3/t10-,11+/m1/s1. The van der Waals surface area contributed by atoms with E-state index in [0.29, 0.717) is 0 Å². The SMILES string of the molecule is C[C@]1(C#N)O[C@@]1(C)c1ccccc1. The second-order valence-electron chi connectivity index (χ2n) is 3.65. The second kappa shape index (κ2) is 2.34. The summed E-state index contributed by atoms with van der Waals surface area (Å²) in [5.74, 6) is 0. The van der Waals surface area contributed by atoms with E-state index in [9.17, 15) is 0 Å². The lowest BCUT2D eigenvalue weighted by Gasteiger charge is -2.06. The Labute approximate surface area is 77.8 Å². The van der Waals surface area contributed by atoms with E-state index in [4.69, 9.17) is 10.00 Å². The van der Waals surface area contributed by atoms with Crippen molar-refractivity contribution in [1.82, 2.24) is 0 Å². The monoisotopic (exact) mass is 173 g/mol. The molecular weight excluding hydrogens is 162 g/mol. The Morgan fingerprint density at radius 2 is 1.85 bits per heavy atom. The van der Waals surface area contributed by atoms with Crippen LogP contribution < -0.4 is 0 Å². The molecule has 1 aromatic rings. The molecular formula is C11H11NO. The van der Waals surface area contributed by atoms with Gasteiger partial charge < -0.3 is 4.74 Å². The first-order chi connectivity index (χ1) is 6.12. The number of nitriles is 1. The number of hydrogen-bond acceptors (Lipinski definition) is 2. The zero-order valence-electron chi connectivity index (χ0n) is 7.74. The van der Waals surface area contributed by atoms with Crippen LogP contribution in [-0.4, -0.2) is 5.60 Å². The Bertz CT molecular complexity index is 367. The lowest BCUT2D eigenvalue weighted by atomic mass is 9.90. The van der Waals surface area contributed by atoms with Crippen molar-refractivity contribution in [2.24, 2.45) is 0 Å². The molecule has 2 rings (SSSR count). The molecule has 1 fully saturated rings. The molecule has 0 aliphatic carbocycles. The largest absolute Gasteiger partial charge is 0.342 e. The Kier molecular flexibility index (Phi) is 1.49. The summed E-state index contributed by atoms with van der Waals surface area (Å²) in [6.45, 7) is 3.77. The van der Waals surface area contributed by atoms with Crippen LogP contribution in [0.2, 0.25) is 0 Å². The fraction of sp³-hybridized carbons (Fsp3) is 0.364. The lowest BCUT2D eigenvalue weighted by Crippen LogP contribution is -2.15. The van der Waals surface area contributed by atoms with Crippen LogP contribution in [0.25, 0.3) is 0 Å². The molecule has 1 aromatic carbocycles. The summed E-state index contributed by atoms with van der Waals surface area (Å²) in [6.07, 6.45) is 0. The molecule has 13 heavy (non-hydrogen) atoms. The number of hydrogen-bond donors (Lipinski definition) is 0. The van der Waals surface area contributed by atoms with E-state index >= 15 is 0 Å². The number of ether oxygens (including phenoxy) is 1. The van der Waals surface area contributed by atoms with Gasteiger partial charge in [0.2, 0.25) is 0 Å². The van der Waals surface area contributed by atoms with Gasteiger partial charge in [-0.15, -0.1) is 0 Å². The predicted molar refractivity (Wildman–Crippen MR) is 48.9 cm³/mol. The average Bonchev–Trinajstić information content (AvgIpc) is 2.74. The highest BCUT2D eigenvalue weighted by molar-refractivity contribution is 5.36. The van der Waals surface area contributed by atoms with Crippen molar-refractivity contribution in [2.45, 2.75) is 25.0 Å². The highest BCUT2D eigenvalue weighted by Crippen LogP contribution is 2.54. The van der Waals surface area contributed by atoms with Crippen molar-refractivity contribution in [3.8, 4) is 6.07 Å². The summed E-state index contributed by atoms with van der Waals surface area (Å²) in [7, 11) is 0. The molecule has 2 nitrogen and oxygen atoms in total. The van der Waals surface area contributed by atoms with Gasteiger partial charge in [-0.1, -0.05) is 30.3 Å². The summed E-state index contributed by atoms with van der Waals surface area (Å²) >= 11 is 0. The average molecular weight is 173 g/mol. The first-order valence-corrected chi connectivity index (χ1v) is 4.29. The van der Waals surface area contributed by atoms with Gasteiger partial charge in [-0.3, -0.25) is 0 Å². The van der Waals surface area contributed by atoms with E-state index in [2.05, 4.69) is 6.07 Å². The van der Waals surface area contributed by atoms with Crippen LogP contribution in [0.5, 0.6) is 0 Å². The molecule has 0 amide bonds. The molecule has 2 heteroatoms. The summed E-state index contributed by atoms with van der Waals surface area (Å²) < 4.78 is 5.47. The topological polar surface area (TPSA) is 36.3 Å². The third kappa shape index (κ3) is 0.976. The van der Waals surface area contributed by atoms with Crippen molar-refractivity contribution in [2.75, 3.05) is 0 Å².